The average molecular weight is 308 g/mol. The molecule has 1 amide bonds. The molecule has 1 heterocycles. The number of fused-ring (bicyclic) bond motifs is 1. The van der Waals surface area contributed by atoms with Gasteiger partial charge in [0.05, 0.1) is 11.4 Å². The lowest BCUT2D eigenvalue weighted by atomic mass is 10.1. The molecule has 23 heavy (non-hydrogen) atoms. The maximum absolute atomic E-state index is 12.2. The van der Waals surface area contributed by atoms with Crippen LogP contribution < -0.4 is 15.8 Å². The van der Waals surface area contributed by atoms with E-state index in [2.05, 4.69) is 40.8 Å². The highest BCUT2D eigenvalue weighted by Gasteiger charge is 2.20. The third-order valence-corrected chi connectivity index (χ3v) is 3.89. The zero-order valence-corrected chi connectivity index (χ0v) is 13.3. The summed E-state index contributed by atoms with van der Waals surface area (Å²) >= 11 is 0. The lowest BCUT2D eigenvalue weighted by molar-refractivity contribution is 0.0943. The summed E-state index contributed by atoms with van der Waals surface area (Å²) in [6.45, 7) is 2.91. The van der Waals surface area contributed by atoms with Gasteiger partial charge in [0.1, 0.15) is 5.84 Å². The van der Waals surface area contributed by atoms with Gasteiger partial charge in [0.15, 0.2) is 0 Å². The van der Waals surface area contributed by atoms with Crippen molar-refractivity contribution >= 4 is 23.1 Å². The minimum Gasteiger partial charge on any atom is -0.372 e. The number of para-hydroxylation sites is 2. The first-order valence-electron chi connectivity index (χ1n) is 7.65. The zero-order chi connectivity index (χ0) is 16.2. The predicted octanol–water partition coefficient (Wildman–Crippen LogP) is 2.74. The van der Waals surface area contributed by atoms with E-state index in [1.54, 1.807) is 12.1 Å². The number of hydrogen-bond acceptors (Lipinski definition) is 4. The number of carbonyl (C=O) groups excluding carboxylic acids is 1. The third kappa shape index (κ3) is 3.34. The van der Waals surface area contributed by atoms with Gasteiger partial charge < -0.3 is 4.90 Å². The Kier molecular flexibility index (Phi) is 4.28. The Bertz CT molecular complexity index is 727. The number of amidine groups is 1. The Balaban J connectivity index is 1.77. The van der Waals surface area contributed by atoms with Gasteiger partial charge >= 0.3 is 0 Å². The van der Waals surface area contributed by atoms with Gasteiger partial charge in [-0.15, -0.1) is 0 Å². The summed E-state index contributed by atoms with van der Waals surface area (Å²) in [7, 11) is 2.05. The Hall–Kier alpha value is -2.82. The van der Waals surface area contributed by atoms with E-state index in [4.69, 9.17) is 0 Å². The lowest BCUT2D eigenvalue weighted by Gasteiger charge is -2.21. The number of anilines is 1. The van der Waals surface area contributed by atoms with Crippen LogP contribution in [0.5, 0.6) is 0 Å². The predicted molar refractivity (Wildman–Crippen MR) is 93.0 cm³/mol. The highest BCUT2D eigenvalue weighted by molar-refractivity contribution is 5.97. The van der Waals surface area contributed by atoms with Crippen molar-refractivity contribution < 1.29 is 4.79 Å². The molecule has 2 aromatic rings. The molecule has 0 saturated heterocycles. The molecule has 0 radical (unpaired) electrons. The van der Waals surface area contributed by atoms with Crippen molar-refractivity contribution in [3.8, 4) is 0 Å². The van der Waals surface area contributed by atoms with Crippen LogP contribution in [0.15, 0.2) is 59.6 Å². The van der Waals surface area contributed by atoms with Crippen LogP contribution >= 0.6 is 0 Å². The topological polar surface area (TPSA) is 56.7 Å². The van der Waals surface area contributed by atoms with E-state index < -0.39 is 0 Å². The highest BCUT2D eigenvalue weighted by atomic mass is 16.2. The van der Waals surface area contributed by atoms with Crippen LogP contribution in [0.25, 0.3) is 0 Å². The maximum Gasteiger partial charge on any atom is 0.269 e. The SMILES string of the molecule is C[C@H]1CN(C)c2ccccc2N=C1NNC(=O)c1ccccc1. The standard InChI is InChI=1S/C18H20N4O/c1-13-12-22(2)16-11-7-6-10-15(16)19-17(13)20-21-18(23)14-8-4-3-5-9-14/h3-11,13H,12H2,1-2H3,(H,19,20)(H,21,23)/t13-/m0/s1. The molecule has 1 aliphatic heterocycles. The van der Waals surface area contributed by atoms with E-state index in [0.717, 1.165) is 23.8 Å². The molecule has 2 aromatic carbocycles. The fourth-order valence-electron chi connectivity index (χ4n) is 2.65. The molecule has 3 rings (SSSR count). The van der Waals surface area contributed by atoms with Gasteiger partial charge in [-0.2, -0.15) is 0 Å². The summed E-state index contributed by atoms with van der Waals surface area (Å²) in [5.41, 5.74) is 8.33. The second-order valence-corrected chi connectivity index (χ2v) is 5.71. The summed E-state index contributed by atoms with van der Waals surface area (Å²) in [4.78, 5) is 19.0. The van der Waals surface area contributed by atoms with Gasteiger partial charge in [-0.3, -0.25) is 15.6 Å². The number of hydrogen-bond donors (Lipinski definition) is 2. The molecule has 0 aromatic heterocycles. The largest absolute Gasteiger partial charge is 0.372 e. The van der Waals surface area contributed by atoms with Crippen molar-refractivity contribution in [3.05, 3.63) is 60.2 Å². The number of benzene rings is 2. The molecule has 118 valence electrons. The number of aliphatic imine (C=N–C) groups is 1. The van der Waals surface area contributed by atoms with E-state index in [1.807, 2.05) is 36.4 Å². The normalized spacial score (nSPS) is 16.9. The van der Waals surface area contributed by atoms with Crippen molar-refractivity contribution in [1.29, 1.82) is 0 Å². The molecular formula is C18H20N4O. The first kappa shape index (κ1) is 15.1. The second kappa shape index (κ2) is 6.52. The van der Waals surface area contributed by atoms with Crippen LogP contribution in [0, 0.1) is 5.92 Å². The Labute approximate surface area is 136 Å². The zero-order valence-electron chi connectivity index (χ0n) is 13.3. The van der Waals surface area contributed by atoms with Crippen molar-refractivity contribution in [3.63, 3.8) is 0 Å². The first-order valence-corrected chi connectivity index (χ1v) is 7.65. The van der Waals surface area contributed by atoms with Crippen molar-refractivity contribution in [2.45, 2.75) is 6.92 Å². The molecule has 0 bridgehead atoms. The van der Waals surface area contributed by atoms with E-state index in [9.17, 15) is 4.79 Å². The van der Waals surface area contributed by atoms with Crippen LogP contribution in [0.4, 0.5) is 11.4 Å². The van der Waals surface area contributed by atoms with Crippen molar-refractivity contribution in [1.82, 2.24) is 10.9 Å². The van der Waals surface area contributed by atoms with Crippen molar-refractivity contribution in [2.75, 3.05) is 18.5 Å². The molecule has 5 heteroatoms. The fourth-order valence-corrected chi connectivity index (χ4v) is 2.65. The molecular weight excluding hydrogens is 288 g/mol. The van der Waals surface area contributed by atoms with Crippen LogP contribution in [0.1, 0.15) is 17.3 Å². The van der Waals surface area contributed by atoms with Crippen molar-refractivity contribution in [2.24, 2.45) is 10.9 Å². The van der Waals surface area contributed by atoms with Gasteiger partial charge in [0.25, 0.3) is 5.91 Å². The minimum atomic E-state index is -0.175. The molecule has 2 N–H and O–H groups in total. The number of amides is 1. The molecule has 1 aliphatic rings. The maximum atomic E-state index is 12.2. The van der Waals surface area contributed by atoms with Gasteiger partial charge in [0.2, 0.25) is 0 Å². The highest BCUT2D eigenvalue weighted by Crippen LogP contribution is 2.30. The summed E-state index contributed by atoms with van der Waals surface area (Å²) < 4.78 is 0. The number of nitrogens with one attached hydrogen (secondary N) is 2. The van der Waals surface area contributed by atoms with E-state index in [-0.39, 0.29) is 11.8 Å². The van der Waals surface area contributed by atoms with E-state index in [0.29, 0.717) is 5.56 Å². The lowest BCUT2D eigenvalue weighted by Crippen LogP contribution is -2.45. The fraction of sp³-hybridized carbons (Fsp3) is 0.222. The van der Waals surface area contributed by atoms with Crippen LogP contribution in [0.2, 0.25) is 0 Å². The smallest absolute Gasteiger partial charge is 0.269 e. The molecule has 0 fully saturated rings. The monoisotopic (exact) mass is 308 g/mol. The summed E-state index contributed by atoms with van der Waals surface area (Å²) in [5, 5.41) is 0. The van der Waals surface area contributed by atoms with Crippen LogP contribution in [0.3, 0.4) is 0 Å². The summed E-state index contributed by atoms with van der Waals surface area (Å²) in [6, 6.07) is 17.1. The summed E-state index contributed by atoms with van der Waals surface area (Å²) in [5.74, 6) is 0.751. The second-order valence-electron chi connectivity index (χ2n) is 5.71. The van der Waals surface area contributed by atoms with Gasteiger partial charge in [-0.1, -0.05) is 37.3 Å². The molecule has 5 nitrogen and oxygen atoms in total. The Morgan fingerprint density at radius 2 is 1.83 bits per heavy atom. The van der Waals surface area contributed by atoms with E-state index in [1.165, 1.54) is 0 Å². The van der Waals surface area contributed by atoms with Crippen LogP contribution in [-0.2, 0) is 0 Å². The quantitative estimate of drug-likeness (QED) is 0.797. The van der Waals surface area contributed by atoms with E-state index >= 15 is 0 Å². The average Bonchev–Trinajstić information content (AvgIpc) is 2.70. The van der Waals surface area contributed by atoms with Crippen LogP contribution in [-0.4, -0.2) is 25.3 Å². The third-order valence-electron chi connectivity index (χ3n) is 3.89. The molecule has 0 spiro atoms. The Morgan fingerprint density at radius 3 is 2.61 bits per heavy atom. The van der Waals surface area contributed by atoms with Gasteiger partial charge in [-0.05, 0) is 24.3 Å². The number of rotatable bonds is 1. The number of nitrogens with zero attached hydrogens (tertiary/aromatic N) is 2. The molecule has 0 saturated carbocycles. The van der Waals surface area contributed by atoms with Gasteiger partial charge in [-0.25, -0.2) is 4.99 Å². The molecule has 1 atom stereocenters. The summed E-state index contributed by atoms with van der Waals surface area (Å²) in [6.07, 6.45) is 0. The molecule has 0 unspecified atom stereocenters. The minimum absolute atomic E-state index is 0.170. The number of carbonyl (C=O) groups is 1. The first-order chi connectivity index (χ1) is 11.1. The molecule has 0 aliphatic carbocycles. The Morgan fingerprint density at radius 1 is 1.13 bits per heavy atom. The number of hydrazine groups is 1. The van der Waals surface area contributed by atoms with Gasteiger partial charge in [0, 0.05) is 25.1 Å².